The van der Waals surface area contributed by atoms with Crippen LogP contribution in [0.2, 0.25) is 0 Å². The molecule has 78 valence electrons. The number of nitrogens with two attached hydrogens (primary N) is 2. The Hall–Kier alpha value is -1.32. The highest BCUT2D eigenvalue weighted by atomic mass is 15.0. The normalized spacial score (nSPS) is 10.4. The molecule has 1 heterocycles. The van der Waals surface area contributed by atoms with Gasteiger partial charge >= 0.3 is 0 Å². The molecule has 0 spiro atoms. The summed E-state index contributed by atoms with van der Waals surface area (Å²) in [6.07, 6.45) is 3.78. The van der Waals surface area contributed by atoms with Crippen LogP contribution in [0.3, 0.4) is 0 Å². The second-order valence-electron chi connectivity index (χ2n) is 3.39. The van der Waals surface area contributed by atoms with Crippen LogP contribution in [0.1, 0.15) is 38.2 Å². The molecule has 0 fully saturated rings. The van der Waals surface area contributed by atoms with Gasteiger partial charge in [0, 0.05) is 6.42 Å². The molecule has 0 aromatic carbocycles. The predicted molar refractivity (Wildman–Crippen MR) is 58.8 cm³/mol. The van der Waals surface area contributed by atoms with Gasteiger partial charge in [0.2, 0.25) is 0 Å². The maximum absolute atomic E-state index is 5.78. The number of aryl methyl sites for hydroxylation is 2. The van der Waals surface area contributed by atoms with Gasteiger partial charge in [0.25, 0.3) is 0 Å². The molecule has 0 bridgehead atoms. The Morgan fingerprint density at radius 1 is 1.00 bits per heavy atom. The monoisotopic (exact) mass is 194 g/mol. The van der Waals surface area contributed by atoms with Crippen LogP contribution in [0.25, 0.3) is 0 Å². The lowest BCUT2D eigenvalue weighted by Crippen LogP contribution is -2.09. The van der Waals surface area contributed by atoms with E-state index in [-0.39, 0.29) is 0 Å². The van der Waals surface area contributed by atoms with Crippen LogP contribution < -0.4 is 11.5 Å². The van der Waals surface area contributed by atoms with E-state index in [1.54, 1.807) is 0 Å². The van der Waals surface area contributed by atoms with Crippen LogP contribution in [0.15, 0.2) is 0 Å². The maximum atomic E-state index is 5.78. The zero-order valence-corrected chi connectivity index (χ0v) is 8.88. The van der Waals surface area contributed by atoms with Crippen LogP contribution in [0.4, 0.5) is 11.5 Å². The summed E-state index contributed by atoms with van der Waals surface area (Å²) in [6, 6.07) is 0. The van der Waals surface area contributed by atoms with Crippen molar-refractivity contribution >= 4 is 11.5 Å². The van der Waals surface area contributed by atoms with Crippen molar-refractivity contribution in [2.75, 3.05) is 11.5 Å². The molecule has 0 radical (unpaired) electrons. The van der Waals surface area contributed by atoms with Gasteiger partial charge in [-0.05, 0) is 12.8 Å². The first-order valence-corrected chi connectivity index (χ1v) is 5.09. The third kappa shape index (κ3) is 2.34. The molecule has 0 aliphatic heterocycles. The van der Waals surface area contributed by atoms with Crippen molar-refractivity contribution in [1.82, 2.24) is 9.97 Å². The summed E-state index contributed by atoms with van der Waals surface area (Å²) in [5.74, 6) is 1.23. The Bertz CT molecular complexity index is 309. The number of anilines is 2. The molecule has 1 rings (SSSR count). The molecular formula is C10H18N4. The average Bonchev–Trinajstić information content (AvgIpc) is 2.14. The molecule has 0 aliphatic carbocycles. The van der Waals surface area contributed by atoms with Crippen molar-refractivity contribution in [3.05, 3.63) is 11.5 Å². The fourth-order valence-corrected chi connectivity index (χ4v) is 1.35. The fraction of sp³-hybridized carbons (Fsp3) is 0.600. The molecule has 0 saturated heterocycles. The minimum absolute atomic E-state index is 0.423. The van der Waals surface area contributed by atoms with Crippen LogP contribution in [-0.2, 0) is 12.8 Å². The molecule has 0 saturated carbocycles. The molecule has 0 atom stereocenters. The van der Waals surface area contributed by atoms with Crippen molar-refractivity contribution in [3.63, 3.8) is 0 Å². The lowest BCUT2D eigenvalue weighted by molar-refractivity contribution is 0.799. The number of hydrogen-bond acceptors (Lipinski definition) is 4. The molecule has 4 nitrogen and oxygen atoms in total. The highest BCUT2D eigenvalue weighted by Crippen LogP contribution is 2.17. The minimum Gasteiger partial charge on any atom is -0.394 e. The van der Waals surface area contributed by atoms with Crippen molar-refractivity contribution in [2.24, 2.45) is 0 Å². The standard InChI is InChI=1S/C10H18N4/c1-3-5-7-9(11)10(12)14-8(13-7)6-4-2/h3-6,11H2,1-2H3,(H2,12,13,14). The van der Waals surface area contributed by atoms with E-state index in [0.717, 1.165) is 37.2 Å². The van der Waals surface area contributed by atoms with Crippen LogP contribution in [0, 0.1) is 0 Å². The average molecular weight is 194 g/mol. The second kappa shape index (κ2) is 4.79. The summed E-state index contributed by atoms with van der Waals surface area (Å²) in [7, 11) is 0. The SMILES string of the molecule is CCCc1nc(N)c(N)c(CCC)n1. The quantitative estimate of drug-likeness (QED) is 0.762. The van der Waals surface area contributed by atoms with E-state index >= 15 is 0 Å². The molecule has 0 amide bonds. The van der Waals surface area contributed by atoms with Gasteiger partial charge in [-0.15, -0.1) is 0 Å². The molecule has 1 aromatic heterocycles. The first-order valence-electron chi connectivity index (χ1n) is 5.09. The maximum Gasteiger partial charge on any atom is 0.150 e. The van der Waals surface area contributed by atoms with Gasteiger partial charge in [-0.2, -0.15) is 0 Å². The topological polar surface area (TPSA) is 77.8 Å². The van der Waals surface area contributed by atoms with E-state index in [1.165, 1.54) is 0 Å². The van der Waals surface area contributed by atoms with E-state index in [2.05, 4.69) is 23.8 Å². The number of aromatic nitrogens is 2. The van der Waals surface area contributed by atoms with E-state index in [0.29, 0.717) is 11.5 Å². The summed E-state index contributed by atoms with van der Waals surface area (Å²) in [6.45, 7) is 4.19. The minimum atomic E-state index is 0.423. The molecule has 1 aromatic rings. The number of nitrogen functional groups attached to an aromatic ring is 2. The van der Waals surface area contributed by atoms with Gasteiger partial charge in [0.1, 0.15) is 5.82 Å². The van der Waals surface area contributed by atoms with Gasteiger partial charge < -0.3 is 11.5 Å². The van der Waals surface area contributed by atoms with Gasteiger partial charge in [-0.25, -0.2) is 9.97 Å². The van der Waals surface area contributed by atoms with Crippen LogP contribution >= 0.6 is 0 Å². The third-order valence-electron chi connectivity index (χ3n) is 2.06. The van der Waals surface area contributed by atoms with Crippen molar-refractivity contribution in [1.29, 1.82) is 0 Å². The molecule has 0 unspecified atom stereocenters. The summed E-state index contributed by atoms with van der Waals surface area (Å²) in [4.78, 5) is 8.54. The summed E-state index contributed by atoms with van der Waals surface area (Å²) >= 11 is 0. The van der Waals surface area contributed by atoms with Gasteiger partial charge in [-0.3, -0.25) is 0 Å². The highest BCUT2D eigenvalue weighted by molar-refractivity contribution is 5.60. The molecule has 4 heteroatoms. The zero-order valence-electron chi connectivity index (χ0n) is 8.88. The Balaban J connectivity index is 3.01. The molecule has 0 aliphatic rings. The summed E-state index contributed by atoms with van der Waals surface area (Å²) in [5.41, 5.74) is 12.9. The van der Waals surface area contributed by atoms with E-state index in [4.69, 9.17) is 11.5 Å². The zero-order chi connectivity index (χ0) is 10.6. The van der Waals surface area contributed by atoms with E-state index < -0.39 is 0 Å². The Morgan fingerprint density at radius 2 is 1.64 bits per heavy atom. The molecule has 14 heavy (non-hydrogen) atoms. The largest absolute Gasteiger partial charge is 0.394 e. The fourth-order valence-electron chi connectivity index (χ4n) is 1.35. The highest BCUT2D eigenvalue weighted by Gasteiger charge is 2.07. The van der Waals surface area contributed by atoms with E-state index in [9.17, 15) is 0 Å². The van der Waals surface area contributed by atoms with Crippen LogP contribution in [0.5, 0.6) is 0 Å². The van der Waals surface area contributed by atoms with Gasteiger partial charge in [-0.1, -0.05) is 20.3 Å². The van der Waals surface area contributed by atoms with Gasteiger partial charge in [0.15, 0.2) is 5.82 Å². The lowest BCUT2D eigenvalue weighted by atomic mass is 10.2. The molecule has 4 N–H and O–H groups in total. The lowest BCUT2D eigenvalue weighted by Gasteiger charge is -2.08. The van der Waals surface area contributed by atoms with Crippen molar-refractivity contribution in [2.45, 2.75) is 39.5 Å². The smallest absolute Gasteiger partial charge is 0.150 e. The van der Waals surface area contributed by atoms with E-state index in [1.807, 2.05) is 0 Å². The number of hydrogen-bond donors (Lipinski definition) is 2. The first kappa shape index (κ1) is 10.8. The molecular weight excluding hydrogens is 176 g/mol. The first-order chi connectivity index (χ1) is 6.69. The Labute approximate surface area is 84.7 Å². The van der Waals surface area contributed by atoms with Crippen molar-refractivity contribution < 1.29 is 0 Å². The summed E-state index contributed by atoms with van der Waals surface area (Å²) in [5, 5.41) is 0. The Morgan fingerprint density at radius 3 is 2.21 bits per heavy atom. The third-order valence-corrected chi connectivity index (χ3v) is 2.06. The van der Waals surface area contributed by atoms with Gasteiger partial charge in [0.05, 0.1) is 11.4 Å². The Kier molecular flexibility index (Phi) is 3.68. The summed E-state index contributed by atoms with van der Waals surface area (Å²) < 4.78 is 0. The second-order valence-corrected chi connectivity index (χ2v) is 3.39. The number of rotatable bonds is 4. The number of nitrogens with zero attached hydrogens (tertiary/aromatic N) is 2. The predicted octanol–water partition coefficient (Wildman–Crippen LogP) is 1.55. The van der Waals surface area contributed by atoms with Crippen molar-refractivity contribution in [3.8, 4) is 0 Å². The van der Waals surface area contributed by atoms with Crippen LogP contribution in [-0.4, -0.2) is 9.97 Å².